The van der Waals surface area contributed by atoms with Crippen molar-refractivity contribution >= 4 is 32.6 Å². The third-order valence-corrected chi connectivity index (χ3v) is 5.01. The first-order valence-electron chi connectivity index (χ1n) is 7.65. The summed E-state index contributed by atoms with van der Waals surface area (Å²) in [6.45, 7) is 5.53. The molecule has 1 aliphatic heterocycles. The minimum Gasteiger partial charge on any atom is -0.354 e. The largest absolute Gasteiger partial charge is 0.354 e. The van der Waals surface area contributed by atoms with Crippen LogP contribution in [0.3, 0.4) is 0 Å². The molecular weight excluding hydrogens is 301 g/mol. The zero-order valence-corrected chi connectivity index (χ0v) is 13.6. The fourth-order valence-electron chi connectivity index (χ4n) is 2.77. The maximum Gasteiger partial charge on any atom is 0.223 e. The summed E-state index contributed by atoms with van der Waals surface area (Å²) in [5.74, 6) is -0.0547. The van der Waals surface area contributed by atoms with Crippen molar-refractivity contribution in [3.05, 3.63) is 24.0 Å². The van der Waals surface area contributed by atoms with E-state index < -0.39 is 0 Å². The van der Waals surface area contributed by atoms with Gasteiger partial charge in [-0.25, -0.2) is 9.37 Å². The summed E-state index contributed by atoms with van der Waals surface area (Å²) < 4.78 is 14.6. The number of thiazole rings is 1. The molecule has 22 heavy (non-hydrogen) atoms. The van der Waals surface area contributed by atoms with Gasteiger partial charge in [-0.1, -0.05) is 17.4 Å². The van der Waals surface area contributed by atoms with Crippen LogP contribution in [0.2, 0.25) is 0 Å². The zero-order chi connectivity index (χ0) is 15.7. The van der Waals surface area contributed by atoms with E-state index >= 15 is 0 Å². The summed E-state index contributed by atoms with van der Waals surface area (Å²) >= 11 is 1.51. The topological polar surface area (TPSA) is 45.2 Å². The summed E-state index contributed by atoms with van der Waals surface area (Å²) in [7, 11) is 0. The Bertz CT molecular complexity index is 677. The molecule has 0 bridgehead atoms. The Balaban J connectivity index is 1.68. The van der Waals surface area contributed by atoms with E-state index in [0.29, 0.717) is 5.52 Å². The van der Waals surface area contributed by atoms with Crippen molar-refractivity contribution < 1.29 is 9.18 Å². The number of rotatable bonds is 3. The van der Waals surface area contributed by atoms with Crippen molar-refractivity contribution in [2.75, 3.05) is 18.0 Å². The number of nitrogens with zero attached hydrogens (tertiary/aromatic N) is 2. The lowest BCUT2D eigenvalue weighted by Crippen LogP contribution is -2.42. The Kier molecular flexibility index (Phi) is 4.29. The number of para-hydroxylation sites is 1. The molecule has 3 rings (SSSR count). The number of aromatic nitrogens is 1. The third kappa shape index (κ3) is 3.06. The number of amides is 1. The molecule has 2 aromatic rings. The van der Waals surface area contributed by atoms with E-state index in [-0.39, 0.29) is 23.7 Å². The normalized spacial score (nSPS) is 16.5. The second-order valence-corrected chi connectivity index (χ2v) is 7.02. The van der Waals surface area contributed by atoms with Gasteiger partial charge in [-0.2, -0.15) is 0 Å². The Morgan fingerprint density at radius 3 is 2.77 bits per heavy atom. The van der Waals surface area contributed by atoms with Crippen LogP contribution in [-0.4, -0.2) is 30.0 Å². The predicted octanol–water partition coefficient (Wildman–Crippen LogP) is 3.18. The van der Waals surface area contributed by atoms with Crippen LogP contribution < -0.4 is 10.2 Å². The number of piperidine rings is 1. The molecule has 6 heteroatoms. The fourth-order valence-corrected chi connectivity index (χ4v) is 3.81. The quantitative estimate of drug-likeness (QED) is 0.944. The summed E-state index contributed by atoms with van der Waals surface area (Å²) in [5, 5.41) is 3.83. The zero-order valence-electron chi connectivity index (χ0n) is 12.8. The van der Waals surface area contributed by atoms with Crippen molar-refractivity contribution in [3.63, 3.8) is 0 Å². The van der Waals surface area contributed by atoms with Gasteiger partial charge in [-0.3, -0.25) is 4.79 Å². The van der Waals surface area contributed by atoms with Crippen molar-refractivity contribution in [1.29, 1.82) is 0 Å². The highest BCUT2D eigenvalue weighted by molar-refractivity contribution is 7.22. The molecule has 1 saturated heterocycles. The Morgan fingerprint density at radius 2 is 2.14 bits per heavy atom. The maximum absolute atomic E-state index is 13.7. The van der Waals surface area contributed by atoms with Crippen LogP contribution in [0.1, 0.15) is 26.7 Å². The Hall–Kier alpha value is -1.69. The summed E-state index contributed by atoms with van der Waals surface area (Å²) in [6.07, 6.45) is 1.63. The highest BCUT2D eigenvalue weighted by atomic mass is 32.1. The van der Waals surface area contributed by atoms with Gasteiger partial charge in [0.15, 0.2) is 5.13 Å². The van der Waals surface area contributed by atoms with E-state index in [9.17, 15) is 9.18 Å². The number of anilines is 1. The number of hydrogen-bond acceptors (Lipinski definition) is 4. The highest BCUT2D eigenvalue weighted by Crippen LogP contribution is 2.32. The average Bonchev–Trinajstić information content (AvgIpc) is 2.92. The second-order valence-electron chi connectivity index (χ2n) is 6.01. The maximum atomic E-state index is 13.7. The number of nitrogens with one attached hydrogen (secondary N) is 1. The van der Waals surface area contributed by atoms with Gasteiger partial charge < -0.3 is 10.2 Å². The molecule has 0 unspecified atom stereocenters. The molecule has 2 heterocycles. The fraction of sp³-hybridized carbons (Fsp3) is 0.500. The molecular formula is C16H20FN3OS. The van der Waals surface area contributed by atoms with Gasteiger partial charge in [-0.15, -0.1) is 0 Å². The van der Waals surface area contributed by atoms with Crippen LogP contribution in [0.4, 0.5) is 9.52 Å². The first kappa shape index (κ1) is 15.2. The van der Waals surface area contributed by atoms with E-state index in [2.05, 4.69) is 15.2 Å². The summed E-state index contributed by atoms with van der Waals surface area (Å²) in [4.78, 5) is 18.6. The van der Waals surface area contributed by atoms with Gasteiger partial charge in [0.05, 0.1) is 4.70 Å². The standard InChI is InChI=1S/C16H20FN3OS/c1-10(2)18-15(21)11-6-8-20(9-7-11)16-19-14-12(17)4-3-5-13(14)22-16/h3-5,10-11H,6-9H2,1-2H3,(H,18,21). The first-order chi connectivity index (χ1) is 10.5. The predicted molar refractivity (Wildman–Crippen MR) is 87.8 cm³/mol. The summed E-state index contributed by atoms with van der Waals surface area (Å²) in [5.41, 5.74) is 0.446. The molecule has 0 aliphatic carbocycles. The molecule has 4 nitrogen and oxygen atoms in total. The van der Waals surface area contributed by atoms with Crippen LogP contribution >= 0.6 is 11.3 Å². The molecule has 1 aromatic carbocycles. The van der Waals surface area contributed by atoms with Gasteiger partial charge in [-0.05, 0) is 38.8 Å². The number of carbonyl (C=O) groups excluding carboxylic acids is 1. The number of benzene rings is 1. The minimum atomic E-state index is -0.272. The molecule has 1 amide bonds. The molecule has 1 aliphatic rings. The van der Waals surface area contributed by atoms with Crippen LogP contribution in [0.15, 0.2) is 18.2 Å². The van der Waals surface area contributed by atoms with Gasteiger partial charge in [0, 0.05) is 25.0 Å². The van der Waals surface area contributed by atoms with Crippen LogP contribution in [0.25, 0.3) is 10.2 Å². The van der Waals surface area contributed by atoms with Crippen molar-refractivity contribution in [1.82, 2.24) is 10.3 Å². The van der Waals surface area contributed by atoms with E-state index in [1.165, 1.54) is 17.4 Å². The van der Waals surface area contributed by atoms with Crippen molar-refractivity contribution in [2.45, 2.75) is 32.7 Å². The van der Waals surface area contributed by atoms with Crippen LogP contribution in [-0.2, 0) is 4.79 Å². The lowest BCUT2D eigenvalue weighted by molar-refractivity contribution is -0.126. The van der Waals surface area contributed by atoms with E-state index in [0.717, 1.165) is 35.8 Å². The van der Waals surface area contributed by atoms with Gasteiger partial charge in [0.2, 0.25) is 5.91 Å². The molecule has 0 saturated carbocycles. The Labute approximate surface area is 133 Å². The van der Waals surface area contributed by atoms with Crippen LogP contribution in [0, 0.1) is 11.7 Å². The first-order valence-corrected chi connectivity index (χ1v) is 8.46. The van der Waals surface area contributed by atoms with Crippen LogP contribution in [0.5, 0.6) is 0 Å². The lowest BCUT2D eigenvalue weighted by atomic mass is 9.96. The van der Waals surface area contributed by atoms with Gasteiger partial charge >= 0.3 is 0 Å². The number of carbonyl (C=O) groups is 1. The second kappa shape index (κ2) is 6.20. The minimum absolute atomic E-state index is 0.0739. The van der Waals surface area contributed by atoms with E-state index in [4.69, 9.17) is 0 Å². The van der Waals surface area contributed by atoms with Gasteiger partial charge in [0.25, 0.3) is 0 Å². The molecule has 1 fully saturated rings. The summed E-state index contributed by atoms with van der Waals surface area (Å²) in [6, 6.07) is 5.22. The number of halogens is 1. The SMILES string of the molecule is CC(C)NC(=O)C1CCN(c2nc3c(F)cccc3s2)CC1. The Morgan fingerprint density at radius 1 is 1.41 bits per heavy atom. The average molecular weight is 321 g/mol. The molecule has 1 aromatic heterocycles. The monoisotopic (exact) mass is 321 g/mol. The van der Waals surface area contributed by atoms with E-state index in [1.807, 2.05) is 19.9 Å². The van der Waals surface area contributed by atoms with Gasteiger partial charge in [0.1, 0.15) is 11.3 Å². The highest BCUT2D eigenvalue weighted by Gasteiger charge is 2.26. The van der Waals surface area contributed by atoms with Crippen molar-refractivity contribution in [3.8, 4) is 0 Å². The number of hydrogen-bond donors (Lipinski definition) is 1. The molecule has 0 radical (unpaired) electrons. The molecule has 118 valence electrons. The third-order valence-electron chi connectivity index (χ3n) is 3.93. The smallest absolute Gasteiger partial charge is 0.223 e. The number of fused-ring (bicyclic) bond motifs is 1. The van der Waals surface area contributed by atoms with E-state index in [1.54, 1.807) is 6.07 Å². The van der Waals surface area contributed by atoms with Crippen molar-refractivity contribution in [2.24, 2.45) is 5.92 Å². The molecule has 0 spiro atoms. The lowest BCUT2D eigenvalue weighted by Gasteiger charge is -2.31. The molecule has 0 atom stereocenters. The molecule has 1 N–H and O–H groups in total.